The van der Waals surface area contributed by atoms with E-state index in [-0.39, 0.29) is 5.56 Å². The number of carbonyl (C=O) groups is 1. The first-order chi connectivity index (χ1) is 12.0. The SMILES string of the molecule is COc1cc(OC)c(/C(C)=N/Nc2ccc(C(=O)O)cc2)c(OC)c1. The van der Waals surface area contributed by atoms with Gasteiger partial charge in [0.05, 0.1) is 43.9 Å². The van der Waals surface area contributed by atoms with Crippen molar-refractivity contribution >= 4 is 17.4 Å². The number of nitrogens with one attached hydrogen (secondary N) is 1. The number of nitrogens with zero attached hydrogens (tertiary/aromatic N) is 1. The Morgan fingerprint density at radius 1 is 1.00 bits per heavy atom. The molecule has 0 spiro atoms. The van der Waals surface area contributed by atoms with E-state index >= 15 is 0 Å². The van der Waals surface area contributed by atoms with E-state index in [2.05, 4.69) is 10.5 Å². The Balaban J connectivity index is 2.31. The second-order valence-corrected chi connectivity index (χ2v) is 5.10. The molecule has 0 heterocycles. The highest BCUT2D eigenvalue weighted by molar-refractivity contribution is 6.04. The molecule has 0 aliphatic heterocycles. The molecule has 2 aromatic carbocycles. The minimum Gasteiger partial charge on any atom is -0.496 e. The average molecular weight is 344 g/mol. The van der Waals surface area contributed by atoms with Gasteiger partial charge in [-0.05, 0) is 31.2 Å². The summed E-state index contributed by atoms with van der Waals surface area (Å²) in [5, 5.41) is 13.2. The molecule has 25 heavy (non-hydrogen) atoms. The molecule has 0 fully saturated rings. The lowest BCUT2D eigenvalue weighted by Crippen LogP contribution is -2.06. The fourth-order valence-electron chi connectivity index (χ4n) is 2.25. The summed E-state index contributed by atoms with van der Waals surface area (Å²) in [6.07, 6.45) is 0. The number of hydrogen-bond acceptors (Lipinski definition) is 6. The second-order valence-electron chi connectivity index (χ2n) is 5.10. The Hall–Kier alpha value is -3.22. The lowest BCUT2D eigenvalue weighted by atomic mass is 10.1. The van der Waals surface area contributed by atoms with E-state index in [1.165, 1.54) is 12.1 Å². The molecule has 0 amide bonds. The van der Waals surface area contributed by atoms with Crippen molar-refractivity contribution in [3.8, 4) is 17.2 Å². The van der Waals surface area contributed by atoms with Crippen LogP contribution in [-0.2, 0) is 0 Å². The summed E-state index contributed by atoms with van der Waals surface area (Å²) < 4.78 is 16.1. The molecule has 0 saturated heterocycles. The Morgan fingerprint density at radius 2 is 1.56 bits per heavy atom. The number of ether oxygens (including phenoxy) is 3. The normalized spacial score (nSPS) is 11.0. The number of methoxy groups -OCH3 is 3. The lowest BCUT2D eigenvalue weighted by molar-refractivity contribution is 0.0697. The van der Waals surface area contributed by atoms with Gasteiger partial charge in [0.2, 0.25) is 0 Å². The molecule has 7 nitrogen and oxygen atoms in total. The summed E-state index contributed by atoms with van der Waals surface area (Å²) in [5.74, 6) is 0.780. The van der Waals surface area contributed by atoms with Crippen LogP contribution in [0, 0.1) is 0 Å². The number of carboxylic acids is 1. The van der Waals surface area contributed by atoms with Gasteiger partial charge >= 0.3 is 5.97 Å². The fourth-order valence-corrected chi connectivity index (χ4v) is 2.25. The van der Waals surface area contributed by atoms with Gasteiger partial charge in [0.25, 0.3) is 0 Å². The van der Waals surface area contributed by atoms with E-state index in [9.17, 15) is 4.79 Å². The van der Waals surface area contributed by atoms with Crippen LogP contribution in [-0.4, -0.2) is 38.1 Å². The Kier molecular flexibility index (Phi) is 5.84. The van der Waals surface area contributed by atoms with Crippen molar-refractivity contribution in [1.29, 1.82) is 0 Å². The molecule has 2 aromatic rings. The smallest absolute Gasteiger partial charge is 0.335 e. The van der Waals surface area contributed by atoms with Crippen LogP contribution >= 0.6 is 0 Å². The third-order valence-electron chi connectivity index (χ3n) is 3.56. The maximum atomic E-state index is 10.9. The Morgan fingerprint density at radius 3 is 2.00 bits per heavy atom. The van der Waals surface area contributed by atoms with Gasteiger partial charge in [-0.3, -0.25) is 5.43 Å². The predicted molar refractivity (Wildman–Crippen MR) is 95.3 cm³/mol. The summed E-state index contributed by atoms with van der Waals surface area (Å²) in [4.78, 5) is 10.9. The molecular weight excluding hydrogens is 324 g/mol. The van der Waals surface area contributed by atoms with E-state index in [0.29, 0.717) is 34.2 Å². The van der Waals surface area contributed by atoms with Crippen molar-refractivity contribution < 1.29 is 24.1 Å². The maximum absolute atomic E-state index is 10.9. The highest BCUT2D eigenvalue weighted by atomic mass is 16.5. The monoisotopic (exact) mass is 344 g/mol. The molecule has 0 radical (unpaired) electrons. The van der Waals surface area contributed by atoms with Gasteiger partial charge in [-0.15, -0.1) is 0 Å². The Bertz CT molecular complexity index is 760. The summed E-state index contributed by atoms with van der Waals surface area (Å²) >= 11 is 0. The summed E-state index contributed by atoms with van der Waals surface area (Å²) in [7, 11) is 4.68. The molecule has 2 rings (SSSR count). The summed E-state index contributed by atoms with van der Waals surface area (Å²) in [5.41, 5.74) is 5.10. The van der Waals surface area contributed by atoms with Crippen LogP contribution < -0.4 is 19.6 Å². The molecule has 0 bridgehead atoms. The average Bonchev–Trinajstić information content (AvgIpc) is 2.65. The first-order valence-corrected chi connectivity index (χ1v) is 7.44. The van der Waals surface area contributed by atoms with Crippen LogP contribution in [0.1, 0.15) is 22.8 Å². The molecule has 0 saturated carbocycles. The molecule has 132 valence electrons. The number of benzene rings is 2. The minimum atomic E-state index is -0.973. The molecule has 0 atom stereocenters. The van der Waals surface area contributed by atoms with Gasteiger partial charge in [0, 0.05) is 12.1 Å². The van der Waals surface area contributed by atoms with E-state index in [1.54, 1.807) is 45.6 Å². The van der Waals surface area contributed by atoms with Crippen LogP contribution in [0.5, 0.6) is 17.2 Å². The fraction of sp³-hybridized carbons (Fsp3) is 0.222. The molecular formula is C18H20N2O5. The Labute approximate surface area is 145 Å². The molecule has 0 aliphatic rings. The van der Waals surface area contributed by atoms with Crippen LogP contribution in [0.2, 0.25) is 0 Å². The van der Waals surface area contributed by atoms with E-state index < -0.39 is 5.97 Å². The maximum Gasteiger partial charge on any atom is 0.335 e. The van der Waals surface area contributed by atoms with Crippen molar-refractivity contribution in [3.63, 3.8) is 0 Å². The number of hydrogen-bond donors (Lipinski definition) is 2. The van der Waals surface area contributed by atoms with Gasteiger partial charge in [-0.1, -0.05) is 0 Å². The molecule has 0 unspecified atom stereocenters. The number of rotatable bonds is 7. The topological polar surface area (TPSA) is 89.4 Å². The summed E-state index contributed by atoms with van der Waals surface area (Å²) in [6, 6.07) is 9.79. The highest BCUT2D eigenvalue weighted by Crippen LogP contribution is 2.34. The van der Waals surface area contributed by atoms with Crippen LogP contribution in [0.15, 0.2) is 41.5 Å². The number of hydrazone groups is 1. The van der Waals surface area contributed by atoms with Crippen molar-refractivity contribution in [2.24, 2.45) is 5.10 Å². The third-order valence-corrected chi connectivity index (χ3v) is 3.56. The molecule has 7 heteroatoms. The summed E-state index contributed by atoms with van der Waals surface area (Å²) in [6.45, 7) is 1.81. The zero-order valence-electron chi connectivity index (χ0n) is 14.5. The standard InChI is InChI=1S/C18H20N2O5/c1-11(19-20-13-7-5-12(6-8-13)18(21)22)17-15(24-3)9-14(23-2)10-16(17)25-4/h5-10,20H,1-4H3,(H,21,22)/b19-11+. The van der Waals surface area contributed by atoms with Crippen molar-refractivity contribution in [2.45, 2.75) is 6.92 Å². The molecule has 0 aromatic heterocycles. The zero-order chi connectivity index (χ0) is 18.4. The first-order valence-electron chi connectivity index (χ1n) is 7.44. The van der Waals surface area contributed by atoms with Crippen molar-refractivity contribution in [1.82, 2.24) is 0 Å². The van der Waals surface area contributed by atoms with Crippen molar-refractivity contribution in [2.75, 3.05) is 26.8 Å². The highest BCUT2D eigenvalue weighted by Gasteiger charge is 2.16. The van der Waals surface area contributed by atoms with E-state index in [1.807, 2.05) is 6.92 Å². The van der Waals surface area contributed by atoms with Crippen molar-refractivity contribution in [3.05, 3.63) is 47.5 Å². The van der Waals surface area contributed by atoms with Gasteiger partial charge in [0.1, 0.15) is 17.2 Å². The lowest BCUT2D eigenvalue weighted by Gasteiger charge is -2.15. The van der Waals surface area contributed by atoms with Gasteiger partial charge in [-0.25, -0.2) is 4.79 Å². The molecule has 0 aliphatic carbocycles. The van der Waals surface area contributed by atoms with Crippen LogP contribution in [0.4, 0.5) is 5.69 Å². The van der Waals surface area contributed by atoms with Gasteiger partial charge in [0.15, 0.2) is 0 Å². The quantitative estimate of drug-likeness (QED) is 0.592. The van der Waals surface area contributed by atoms with Crippen LogP contribution in [0.3, 0.4) is 0 Å². The molecule has 2 N–H and O–H groups in total. The van der Waals surface area contributed by atoms with Crippen LogP contribution in [0.25, 0.3) is 0 Å². The van der Waals surface area contributed by atoms with Gasteiger partial charge in [-0.2, -0.15) is 5.10 Å². The third kappa shape index (κ3) is 4.20. The van der Waals surface area contributed by atoms with E-state index in [4.69, 9.17) is 19.3 Å². The number of carboxylic acid groups (broad SMARTS) is 1. The van der Waals surface area contributed by atoms with E-state index in [0.717, 1.165) is 0 Å². The number of anilines is 1. The largest absolute Gasteiger partial charge is 0.496 e. The first kappa shape index (κ1) is 18.1. The van der Waals surface area contributed by atoms with Gasteiger partial charge < -0.3 is 19.3 Å². The second kappa shape index (κ2) is 8.05. The number of aromatic carboxylic acids is 1. The minimum absolute atomic E-state index is 0.213. The predicted octanol–water partition coefficient (Wildman–Crippen LogP) is 3.25. The zero-order valence-corrected chi connectivity index (χ0v) is 14.5.